The van der Waals surface area contributed by atoms with Gasteiger partial charge in [0.05, 0.1) is 5.92 Å². The minimum atomic E-state index is -0.351. The molecule has 36 heavy (non-hydrogen) atoms. The molecule has 0 saturated heterocycles. The van der Waals surface area contributed by atoms with Gasteiger partial charge in [0.25, 0.3) is 0 Å². The summed E-state index contributed by atoms with van der Waals surface area (Å²) in [4.78, 5) is 12.5. The van der Waals surface area contributed by atoms with Crippen molar-refractivity contribution in [3.05, 3.63) is 86.9 Å². The number of benzene rings is 1. The topological polar surface area (TPSA) is 70.7 Å². The van der Waals surface area contributed by atoms with Crippen molar-refractivity contribution in [2.45, 2.75) is 73.6 Å². The highest BCUT2D eigenvalue weighted by atomic mass is 16.3. The summed E-state index contributed by atoms with van der Waals surface area (Å²) in [7, 11) is 0. The number of hydrogen-bond acceptors (Lipinski definition) is 4. The predicted molar refractivity (Wildman–Crippen MR) is 145 cm³/mol. The van der Waals surface area contributed by atoms with Gasteiger partial charge in [0.2, 0.25) is 0 Å². The summed E-state index contributed by atoms with van der Waals surface area (Å²) in [5, 5.41) is 21.4. The van der Waals surface area contributed by atoms with E-state index in [0.717, 1.165) is 47.5 Å². The van der Waals surface area contributed by atoms with E-state index in [1.807, 2.05) is 13.0 Å². The third-order valence-electron chi connectivity index (χ3n) is 8.11. The number of allylic oxidation sites excluding steroid dienone is 7. The van der Waals surface area contributed by atoms with E-state index in [1.165, 1.54) is 11.1 Å². The Morgan fingerprint density at radius 2 is 1.92 bits per heavy atom. The Morgan fingerprint density at radius 3 is 2.61 bits per heavy atom. The number of phenolic OH excluding ortho intramolecular Hbond substituents is 2. The van der Waals surface area contributed by atoms with Crippen molar-refractivity contribution in [3.63, 3.8) is 0 Å². The Bertz CT molecular complexity index is 1330. The zero-order chi connectivity index (χ0) is 26.4. The van der Waals surface area contributed by atoms with Gasteiger partial charge in [-0.15, -0.1) is 0 Å². The molecule has 0 unspecified atom stereocenters. The second-order valence-electron chi connectivity index (χ2n) is 11.1. The van der Waals surface area contributed by atoms with Crippen LogP contribution in [0.5, 0.6) is 11.5 Å². The molecule has 1 heterocycles. The fourth-order valence-electron chi connectivity index (χ4n) is 5.56. The molecule has 190 valence electrons. The van der Waals surface area contributed by atoms with Gasteiger partial charge in [0.15, 0.2) is 5.78 Å². The molecule has 0 bridgehead atoms. The molecule has 1 aromatic heterocycles. The van der Waals surface area contributed by atoms with Crippen LogP contribution in [-0.2, 0) is 11.2 Å². The molecule has 2 aromatic rings. The molecule has 0 saturated carbocycles. The number of aryl methyl sites for hydroxylation is 1. The van der Waals surface area contributed by atoms with E-state index in [2.05, 4.69) is 52.8 Å². The third-order valence-corrected chi connectivity index (χ3v) is 8.11. The normalized spacial score (nSPS) is 22.1. The standard InChI is InChI=1S/C32H38O4/c1-18(2)9-8-10-19(3)13-26(25-16-24(33)14-20(4)30(25)35)31-21(5)27-17-32(7)22(6)28(34)12-11-23(32)15-29(27)36-31/h9,11-16,22,26,33,35H,8,10,17H2,1-7H3/b19-13+/t22-,26+,32+/m0/s1. The summed E-state index contributed by atoms with van der Waals surface area (Å²) in [6.45, 7) is 14.3. The van der Waals surface area contributed by atoms with E-state index in [1.54, 1.807) is 25.1 Å². The first-order valence-electron chi connectivity index (χ1n) is 12.8. The third kappa shape index (κ3) is 4.61. The van der Waals surface area contributed by atoms with Crippen LogP contribution >= 0.6 is 0 Å². The van der Waals surface area contributed by atoms with Gasteiger partial charge in [0.1, 0.15) is 23.0 Å². The summed E-state index contributed by atoms with van der Waals surface area (Å²) >= 11 is 0. The second-order valence-corrected chi connectivity index (χ2v) is 11.1. The number of fused-ring (bicyclic) bond motifs is 2. The van der Waals surface area contributed by atoms with Crippen molar-refractivity contribution < 1.29 is 19.4 Å². The van der Waals surface area contributed by atoms with Crippen LogP contribution in [0.25, 0.3) is 6.08 Å². The lowest BCUT2D eigenvalue weighted by Crippen LogP contribution is -2.38. The molecule has 3 atom stereocenters. The van der Waals surface area contributed by atoms with Gasteiger partial charge in [-0.2, -0.15) is 0 Å². The molecule has 2 N–H and O–H groups in total. The molecule has 4 nitrogen and oxygen atoms in total. The molecule has 0 fully saturated rings. The molecule has 4 rings (SSSR count). The van der Waals surface area contributed by atoms with Gasteiger partial charge in [-0.3, -0.25) is 4.79 Å². The van der Waals surface area contributed by atoms with Gasteiger partial charge >= 0.3 is 0 Å². The lowest BCUT2D eigenvalue weighted by atomic mass is 9.62. The van der Waals surface area contributed by atoms with Gasteiger partial charge in [-0.05, 0) is 94.9 Å². The van der Waals surface area contributed by atoms with Crippen LogP contribution in [0.3, 0.4) is 0 Å². The van der Waals surface area contributed by atoms with E-state index in [-0.39, 0.29) is 34.5 Å². The summed E-state index contributed by atoms with van der Waals surface area (Å²) in [5.41, 5.74) is 6.72. The highest BCUT2D eigenvalue weighted by Crippen LogP contribution is 2.50. The first kappa shape index (κ1) is 25.8. The van der Waals surface area contributed by atoms with Gasteiger partial charge in [-0.25, -0.2) is 0 Å². The van der Waals surface area contributed by atoms with E-state index in [4.69, 9.17) is 4.42 Å². The van der Waals surface area contributed by atoms with Crippen molar-refractivity contribution >= 4 is 11.9 Å². The number of furan rings is 1. The van der Waals surface area contributed by atoms with Crippen LogP contribution in [0.4, 0.5) is 0 Å². The monoisotopic (exact) mass is 486 g/mol. The lowest BCUT2D eigenvalue weighted by molar-refractivity contribution is -0.120. The fourth-order valence-corrected chi connectivity index (χ4v) is 5.56. The Balaban J connectivity index is 1.84. The van der Waals surface area contributed by atoms with E-state index in [9.17, 15) is 15.0 Å². The Hall–Kier alpha value is -3.27. The zero-order valence-corrected chi connectivity index (χ0v) is 22.5. The van der Waals surface area contributed by atoms with Crippen LogP contribution in [0.1, 0.15) is 87.2 Å². The number of carbonyl (C=O) groups excluding carboxylic acids is 1. The number of ketones is 1. The SMILES string of the molecule is CC(C)=CCC/C(C)=C/[C@H](c1cc(O)cc(C)c1O)c1oc2c(c1C)C[C@@]1(C)C(=C2)C=CC(=O)[C@@H]1C. The quantitative estimate of drug-likeness (QED) is 0.322. The van der Waals surface area contributed by atoms with Crippen molar-refractivity contribution in [2.24, 2.45) is 11.3 Å². The van der Waals surface area contributed by atoms with E-state index < -0.39 is 0 Å². The highest BCUT2D eigenvalue weighted by molar-refractivity contribution is 5.95. The maximum absolute atomic E-state index is 12.5. The van der Waals surface area contributed by atoms with Crippen LogP contribution in [-0.4, -0.2) is 16.0 Å². The number of aromatic hydroxyl groups is 2. The molecule has 0 spiro atoms. The van der Waals surface area contributed by atoms with Gasteiger partial charge in [-0.1, -0.05) is 43.2 Å². The molecular weight excluding hydrogens is 448 g/mol. The maximum atomic E-state index is 12.5. The van der Waals surface area contributed by atoms with Crippen molar-refractivity contribution in [2.75, 3.05) is 0 Å². The number of rotatable bonds is 6. The number of hydrogen-bond donors (Lipinski definition) is 2. The number of phenols is 2. The van der Waals surface area contributed by atoms with Gasteiger partial charge < -0.3 is 14.6 Å². The Kier molecular flexibility index (Phi) is 6.92. The summed E-state index contributed by atoms with van der Waals surface area (Å²) in [6.07, 6.45) is 12.6. The average molecular weight is 487 g/mol. The molecule has 0 aliphatic heterocycles. The first-order chi connectivity index (χ1) is 16.9. The number of carbonyl (C=O) groups is 1. The fraction of sp³-hybridized carbons (Fsp3) is 0.406. The molecule has 4 heteroatoms. The molecule has 2 aliphatic rings. The first-order valence-corrected chi connectivity index (χ1v) is 12.8. The van der Waals surface area contributed by atoms with Crippen LogP contribution in [0.15, 0.2) is 57.6 Å². The summed E-state index contributed by atoms with van der Waals surface area (Å²) in [5.74, 6) is 1.57. The predicted octanol–water partition coefficient (Wildman–Crippen LogP) is 7.85. The van der Waals surface area contributed by atoms with Crippen LogP contribution in [0.2, 0.25) is 0 Å². The van der Waals surface area contributed by atoms with Crippen molar-refractivity contribution in [1.82, 2.24) is 0 Å². The molecular formula is C32H38O4. The maximum Gasteiger partial charge on any atom is 0.159 e. The van der Waals surface area contributed by atoms with E-state index in [0.29, 0.717) is 11.1 Å². The second kappa shape index (κ2) is 9.65. The summed E-state index contributed by atoms with van der Waals surface area (Å²) in [6, 6.07) is 3.21. The minimum absolute atomic E-state index is 0.106. The highest BCUT2D eigenvalue weighted by Gasteiger charge is 2.44. The van der Waals surface area contributed by atoms with Gasteiger partial charge in [0, 0.05) is 22.5 Å². The molecule has 2 aliphatic carbocycles. The molecule has 0 amide bonds. The zero-order valence-electron chi connectivity index (χ0n) is 22.5. The minimum Gasteiger partial charge on any atom is -0.508 e. The average Bonchev–Trinajstić information content (AvgIpc) is 3.11. The van der Waals surface area contributed by atoms with Crippen molar-refractivity contribution in [1.29, 1.82) is 0 Å². The van der Waals surface area contributed by atoms with E-state index >= 15 is 0 Å². The van der Waals surface area contributed by atoms with Crippen molar-refractivity contribution in [3.8, 4) is 11.5 Å². The largest absolute Gasteiger partial charge is 0.508 e. The molecule has 0 radical (unpaired) electrons. The Labute approximate surface area is 214 Å². The Morgan fingerprint density at radius 1 is 1.19 bits per heavy atom. The molecule has 1 aromatic carbocycles. The van der Waals surface area contributed by atoms with Crippen LogP contribution in [0, 0.1) is 25.2 Å². The lowest BCUT2D eigenvalue weighted by Gasteiger charge is -2.40. The van der Waals surface area contributed by atoms with Crippen LogP contribution < -0.4 is 0 Å². The summed E-state index contributed by atoms with van der Waals surface area (Å²) < 4.78 is 6.54. The smallest absolute Gasteiger partial charge is 0.159 e.